The Morgan fingerprint density at radius 1 is 0.358 bits per heavy atom. The summed E-state index contributed by atoms with van der Waals surface area (Å²) < 4.78 is 35.2. The van der Waals surface area contributed by atoms with Crippen molar-refractivity contribution in [3.63, 3.8) is 0 Å². The molecule has 0 spiro atoms. The van der Waals surface area contributed by atoms with Crippen LogP contribution >= 0.6 is 0 Å². The predicted molar refractivity (Wildman–Crippen MR) is 235 cm³/mol. The van der Waals surface area contributed by atoms with Crippen molar-refractivity contribution in [2.45, 2.75) is 258 Å². The quantitative estimate of drug-likeness (QED) is 0.0353. The third-order valence-electron chi connectivity index (χ3n) is 11.0. The van der Waals surface area contributed by atoms with Crippen molar-refractivity contribution >= 4 is 10.1 Å². The molecule has 0 fully saturated rings. The molecule has 0 N–H and O–H groups in total. The first-order chi connectivity index (χ1) is 25.9. The van der Waals surface area contributed by atoms with E-state index in [0.717, 1.165) is 19.3 Å². The molecule has 0 rings (SSSR count). The number of hydrogen-bond donors (Lipinski definition) is 0. The molecular weight excluding hydrogens is 671 g/mol. The second-order valence-corrected chi connectivity index (χ2v) is 18.0. The first-order valence-corrected chi connectivity index (χ1v) is 25.3. The van der Waals surface area contributed by atoms with Crippen molar-refractivity contribution in [2.75, 3.05) is 12.3 Å². The van der Waals surface area contributed by atoms with E-state index in [-0.39, 0.29) is 5.75 Å². The van der Waals surface area contributed by atoms with Crippen LogP contribution in [0.4, 0.5) is 0 Å². The van der Waals surface area contributed by atoms with Crippen molar-refractivity contribution < 1.29 is 17.5 Å². The lowest BCUT2D eigenvalue weighted by atomic mass is 10.1. The zero-order valence-corrected chi connectivity index (χ0v) is 36.9. The number of unbranched alkanes of at least 4 members (excludes halogenated alkanes) is 33. The number of hydrogen-bond acceptors (Lipinski definition) is 3. The zero-order valence-electron chi connectivity index (χ0n) is 36.1. The smallest absolute Gasteiger partial charge is 0.101 e. The molecule has 0 heterocycles. The normalized spacial score (nSPS) is 12.8. The summed E-state index contributed by atoms with van der Waals surface area (Å²) in [6.07, 6.45) is 61.8. The summed E-state index contributed by atoms with van der Waals surface area (Å²) in [4.78, 5) is 0. The average Bonchev–Trinajstić information content (AvgIpc) is 3.13. The third kappa shape index (κ3) is 40.6. The second kappa shape index (κ2) is 40.7. The van der Waals surface area contributed by atoms with E-state index in [1.807, 2.05) is 0 Å². The molecule has 5 heteroatoms. The Kier molecular flexibility index (Phi) is 40.0. The van der Waals surface area contributed by atoms with Gasteiger partial charge in [-0.1, -0.05) is 213 Å². The van der Waals surface area contributed by atoms with Gasteiger partial charge in [-0.2, -0.15) is 0 Å². The maximum atomic E-state index is 11.6. The Bertz CT molecular complexity index is 837. The van der Waals surface area contributed by atoms with Crippen LogP contribution in [-0.2, 0) is 10.1 Å². The molecule has 0 saturated carbocycles. The van der Waals surface area contributed by atoms with Crippen molar-refractivity contribution in [2.24, 2.45) is 0 Å². The lowest BCUT2D eigenvalue weighted by Crippen LogP contribution is -2.33. The summed E-state index contributed by atoms with van der Waals surface area (Å²) in [7, 11) is -4.22. The van der Waals surface area contributed by atoms with Gasteiger partial charge in [0.25, 0.3) is 0 Å². The Hall–Kier alpha value is -0.910. The summed E-state index contributed by atoms with van der Waals surface area (Å²) in [5, 5.41) is 0. The van der Waals surface area contributed by atoms with Crippen LogP contribution in [0.25, 0.3) is 0 Å². The van der Waals surface area contributed by atoms with Crippen LogP contribution in [0.2, 0.25) is 0 Å². The van der Waals surface area contributed by atoms with Gasteiger partial charge in [-0.3, -0.25) is 0 Å². The van der Waals surface area contributed by atoms with Gasteiger partial charge in [0.05, 0.1) is 16.7 Å². The van der Waals surface area contributed by atoms with E-state index in [1.165, 1.54) is 212 Å². The molecule has 0 amide bonds. The van der Waals surface area contributed by atoms with Gasteiger partial charge in [0.15, 0.2) is 0 Å². The molecule has 0 aliphatic heterocycles. The maximum Gasteiger partial charge on any atom is 0.101 e. The highest BCUT2D eigenvalue weighted by molar-refractivity contribution is 7.85. The Morgan fingerprint density at radius 2 is 0.585 bits per heavy atom. The van der Waals surface area contributed by atoms with Gasteiger partial charge < -0.3 is 4.55 Å². The van der Waals surface area contributed by atoms with Crippen LogP contribution in [0.3, 0.4) is 0 Å². The van der Waals surface area contributed by atoms with Crippen LogP contribution in [0, 0.1) is 0 Å². The van der Waals surface area contributed by atoms with E-state index < -0.39 is 10.1 Å². The van der Waals surface area contributed by atoms with E-state index in [4.69, 9.17) is 0 Å². The number of nitrogens with zero attached hydrogens (tertiary/aromatic N) is 1. The molecule has 0 aliphatic rings. The lowest BCUT2D eigenvalue weighted by Gasteiger charge is -2.27. The molecule has 0 aromatic rings. The lowest BCUT2D eigenvalue weighted by molar-refractivity contribution is -0.773. The summed E-state index contributed by atoms with van der Waals surface area (Å²) in [6.45, 7) is 7.46. The van der Waals surface area contributed by atoms with Crippen molar-refractivity contribution in [1.29, 1.82) is 0 Å². The molecule has 0 aromatic carbocycles. The van der Waals surface area contributed by atoms with Crippen LogP contribution in [0.5, 0.6) is 0 Å². The van der Waals surface area contributed by atoms with Gasteiger partial charge in [-0.25, -0.2) is 12.9 Å². The molecule has 0 aliphatic carbocycles. The van der Waals surface area contributed by atoms with Gasteiger partial charge in [0.2, 0.25) is 0 Å². The minimum Gasteiger partial charge on any atom is -0.748 e. The van der Waals surface area contributed by atoms with E-state index in [1.54, 1.807) is 0 Å². The van der Waals surface area contributed by atoms with Crippen LogP contribution < -0.4 is 0 Å². The summed E-state index contributed by atoms with van der Waals surface area (Å²) in [6, 6.07) is 0. The molecule has 0 radical (unpaired) electrons. The van der Waals surface area contributed by atoms with Gasteiger partial charge in [0, 0.05) is 12.2 Å². The summed E-state index contributed by atoms with van der Waals surface area (Å²) in [5.74, 6) is -0.293. The first-order valence-electron chi connectivity index (χ1n) is 23.7. The van der Waals surface area contributed by atoms with Gasteiger partial charge in [-0.15, -0.1) is 0 Å². The SMILES string of the molecule is CCCCCCCCCCCCC/C=C/[N+](/C=C/CCCCCCCCCCCCC)(/C=C/CCCCCCCCCCCCC)CCCS(=O)(=O)[O-]. The van der Waals surface area contributed by atoms with Gasteiger partial charge in [-0.05, 0) is 56.8 Å². The van der Waals surface area contributed by atoms with Gasteiger partial charge >= 0.3 is 0 Å². The fraction of sp³-hybridized carbons (Fsp3) is 0.875. The molecule has 0 saturated heterocycles. The zero-order chi connectivity index (χ0) is 38.8. The van der Waals surface area contributed by atoms with Gasteiger partial charge in [0.1, 0.15) is 18.6 Å². The number of allylic oxidation sites excluding steroid dienone is 3. The molecule has 0 unspecified atom stereocenters. The second-order valence-electron chi connectivity index (χ2n) is 16.5. The van der Waals surface area contributed by atoms with E-state index in [9.17, 15) is 13.0 Å². The largest absolute Gasteiger partial charge is 0.748 e. The van der Waals surface area contributed by atoms with Crippen molar-refractivity contribution in [1.82, 2.24) is 0 Å². The fourth-order valence-electron chi connectivity index (χ4n) is 7.48. The highest BCUT2D eigenvalue weighted by Gasteiger charge is 2.19. The van der Waals surface area contributed by atoms with E-state index >= 15 is 0 Å². The molecule has 0 atom stereocenters. The highest BCUT2D eigenvalue weighted by Crippen LogP contribution is 2.20. The third-order valence-corrected chi connectivity index (χ3v) is 11.8. The topological polar surface area (TPSA) is 57.2 Å². The monoisotopic (exact) mass is 764 g/mol. The highest BCUT2D eigenvalue weighted by atomic mass is 32.2. The maximum absolute atomic E-state index is 11.6. The first kappa shape index (κ1) is 52.1. The minimum atomic E-state index is -4.22. The molecular formula is C48H93NO3S. The Labute approximate surface area is 333 Å². The summed E-state index contributed by atoms with van der Waals surface area (Å²) in [5.41, 5.74) is 0. The molecule has 314 valence electrons. The Morgan fingerprint density at radius 3 is 0.811 bits per heavy atom. The van der Waals surface area contributed by atoms with Crippen LogP contribution in [-0.4, -0.2) is 29.8 Å². The Balaban J connectivity index is 5.01. The van der Waals surface area contributed by atoms with Crippen molar-refractivity contribution in [3.05, 3.63) is 36.8 Å². The predicted octanol–water partition coefficient (Wildman–Crippen LogP) is 16.4. The standard InChI is InChI=1S/C48H93NO3S/c1-4-7-10-13-16-19-22-25-28-31-34-37-40-44-49(47-43-48-53(50,51)52,45-41-38-35-32-29-26-23-20-17-14-11-8-5-2)46-42-39-36-33-30-27-24-21-18-15-12-9-6-3/h40-42,44-46H,4-39,43,47-48H2,1-3H3/b44-40+,45-41+,46-42+. The average molecular weight is 764 g/mol. The number of quaternary nitrogens is 1. The fourth-order valence-corrected chi connectivity index (χ4v) is 7.96. The molecule has 4 nitrogen and oxygen atoms in total. The van der Waals surface area contributed by atoms with Crippen LogP contribution in [0.15, 0.2) is 36.8 Å². The summed E-state index contributed by atoms with van der Waals surface area (Å²) >= 11 is 0. The van der Waals surface area contributed by atoms with E-state index in [0.29, 0.717) is 17.4 Å². The molecule has 0 bridgehead atoms. The van der Waals surface area contributed by atoms with Crippen LogP contribution in [0.1, 0.15) is 258 Å². The molecule has 53 heavy (non-hydrogen) atoms. The molecule has 0 aromatic heterocycles. The number of rotatable bonds is 43. The van der Waals surface area contributed by atoms with Crippen molar-refractivity contribution in [3.8, 4) is 0 Å². The van der Waals surface area contributed by atoms with E-state index in [2.05, 4.69) is 57.6 Å². The minimum absolute atomic E-state index is 0.293.